The van der Waals surface area contributed by atoms with Crippen LogP contribution in [0.2, 0.25) is 0 Å². The van der Waals surface area contributed by atoms with Crippen molar-refractivity contribution in [2.45, 2.75) is 30.7 Å². The minimum absolute atomic E-state index is 0.0333. The summed E-state index contributed by atoms with van der Waals surface area (Å²) in [7, 11) is 0. The lowest BCUT2D eigenvalue weighted by molar-refractivity contribution is -0.150. The van der Waals surface area contributed by atoms with Crippen molar-refractivity contribution in [2.24, 2.45) is 5.92 Å². The second-order valence-electron chi connectivity index (χ2n) is 6.09. The molecule has 140 valence electrons. The molecular formula is C16H24N2O6S. The number of ether oxygens (including phenoxy) is 2. The van der Waals surface area contributed by atoms with Crippen molar-refractivity contribution < 1.29 is 29.0 Å². The van der Waals surface area contributed by atoms with Crippen LogP contribution in [0.1, 0.15) is 13.3 Å². The highest BCUT2D eigenvalue weighted by Crippen LogP contribution is 2.27. The minimum Gasteiger partial charge on any atom is -0.466 e. The molecule has 0 spiro atoms. The van der Waals surface area contributed by atoms with Crippen molar-refractivity contribution in [1.82, 2.24) is 9.80 Å². The lowest BCUT2D eigenvalue weighted by atomic mass is 10.1. The van der Waals surface area contributed by atoms with Crippen LogP contribution in [0.4, 0.5) is 4.79 Å². The number of amides is 2. The van der Waals surface area contributed by atoms with Crippen molar-refractivity contribution >= 4 is 30.6 Å². The van der Waals surface area contributed by atoms with Gasteiger partial charge in [-0.2, -0.15) is 12.6 Å². The molecule has 2 heterocycles. The molecule has 0 aromatic heterocycles. The number of carbonyl (C=O) groups excluding carboxylic acids is 3. The third-order valence-corrected chi connectivity index (χ3v) is 4.69. The van der Waals surface area contributed by atoms with Gasteiger partial charge in [0.2, 0.25) is 5.91 Å². The zero-order chi connectivity index (χ0) is 18.6. The second-order valence-corrected chi connectivity index (χ2v) is 6.82. The Bertz CT molecular complexity index is 543. The van der Waals surface area contributed by atoms with E-state index in [2.05, 4.69) is 19.2 Å². The molecule has 9 heteroatoms. The van der Waals surface area contributed by atoms with Crippen LogP contribution in [0.25, 0.3) is 0 Å². The van der Waals surface area contributed by atoms with Crippen LogP contribution in [0.3, 0.4) is 0 Å². The minimum atomic E-state index is -0.975. The van der Waals surface area contributed by atoms with Crippen LogP contribution in [0.15, 0.2) is 12.7 Å². The Balaban J connectivity index is 2.04. The normalized spacial score (nSPS) is 28.8. The number of carbonyl (C=O) groups is 3. The van der Waals surface area contributed by atoms with Gasteiger partial charge in [-0.1, -0.05) is 12.7 Å². The summed E-state index contributed by atoms with van der Waals surface area (Å²) in [5.41, 5.74) is 0. The van der Waals surface area contributed by atoms with E-state index in [1.54, 1.807) is 6.92 Å². The summed E-state index contributed by atoms with van der Waals surface area (Å²) < 4.78 is 9.95. The van der Waals surface area contributed by atoms with Crippen LogP contribution in [0.5, 0.6) is 0 Å². The number of aliphatic hydroxyl groups excluding tert-OH is 1. The molecule has 0 radical (unpaired) electrons. The average Bonchev–Trinajstić information content (AvgIpc) is 3.15. The number of thiol groups is 1. The topological polar surface area (TPSA) is 96.4 Å². The first-order valence-electron chi connectivity index (χ1n) is 8.24. The Morgan fingerprint density at radius 3 is 2.64 bits per heavy atom. The van der Waals surface area contributed by atoms with Crippen LogP contribution in [0, 0.1) is 5.92 Å². The summed E-state index contributed by atoms with van der Waals surface area (Å²) in [6.45, 7) is 5.83. The first-order valence-corrected chi connectivity index (χ1v) is 8.76. The van der Waals surface area contributed by atoms with Gasteiger partial charge in [-0.15, -0.1) is 0 Å². The Labute approximate surface area is 152 Å². The van der Waals surface area contributed by atoms with Crippen LogP contribution >= 0.6 is 12.6 Å². The van der Waals surface area contributed by atoms with Crippen LogP contribution in [-0.2, 0) is 19.1 Å². The quantitative estimate of drug-likeness (QED) is 0.403. The van der Waals surface area contributed by atoms with E-state index in [0.717, 1.165) is 0 Å². The maximum atomic E-state index is 12.8. The van der Waals surface area contributed by atoms with Crippen LogP contribution < -0.4 is 0 Å². The van der Waals surface area contributed by atoms with E-state index >= 15 is 0 Å². The van der Waals surface area contributed by atoms with E-state index < -0.39 is 30.1 Å². The largest absolute Gasteiger partial charge is 0.466 e. The first-order chi connectivity index (χ1) is 11.9. The van der Waals surface area contributed by atoms with E-state index in [1.807, 2.05) is 0 Å². The monoisotopic (exact) mass is 372 g/mol. The molecule has 0 saturated carbocycles. The molecule has 1 N–H and O–H groups in total. The van der Waals surface area contributed by atoms with Gasteiger partial charge in [-0.3, -0.25) is 14.5 Å². The van der Waals surface area contributed by atoms with Gasteiger partial charge in [0, 0.05) is 24.9 Å². The number of hydrogen-bond donors (Lipinski definition) is 2. The molecule has 2 saturated heterocycles. The van der Waals surface area contributed by atoms with Crippen molar-refractivity contribution in [3.63, 3.8) is 0 Å². The van der Waals surface area contributed by atoms with Crippen molar-refractivity contribution in [3.8, 4) is 0 Å². The van der Waals surface area contributed by atoms with Gasteiger partial charge in [-0.25, -0.2) is 4.79 Å². The number of aliphatic hydroxyl groups is 1. The van der Waals surface area contributed by atoms with E-state index in [9.17, 15) is 19.5 Å². The third-order valence-electron chi connectivity index (χ3n) is 4.31. The fraction of sp³-hybridized carbons (Fsp3) is 0.688. The summed E-state index contributed by atoms with van der Waals surface area (Å²) in [5, 5.41) is 9.93. The third kappa shape index (κ3) is 4.46. The molecule has 0 aromatic rings. The summed E-state index contributed by atoms with van der Waals surface area (Å²) in [6, 6.07) is -0.715. The zero-order valence-electron chi connectivity index (χ0n) is 14.2. The highest BCUT2D eigenvalue weighted by atomic mass is 32.1. The highest BCUT2D eigenvalue weighted by Gasteiger charge is 2.46. The Kier molecular flexibility index (Phi) is 6.71. The second kappa shape index (κ2) is 8.57. The summed E-state index contributed by atoms with van der Waals surface area (Å²) in [6.07, 6.45) is 0.264. The highest BCUT2D eigenvalue weighted by molar-refractivity contribution is 7.81. The van der Waals surface area contributed by atoms with Crippen molar-refractivity contribution in [1.29, 1.82) is 0 Å². The first kappa shape index (κ1) is 19.6. The Morgan fingerprint density at radius 2 is 2.00 bits per heavy atom. The van der Waals surface area contributed by atoms with Gasteiger partial charge in [0.05, 0.1) is 12.7 Å². The Morgan fingerprint density at radius 1 is 1.28 bits per heavy atom. The van der Waals surface area contributed by atoms with Gasteiger partial charge < -0.3 is 19.5 Å². The molecule has 0 aliphatic carbocycles. The van der Waals surface area contributed by atoms with Gasteiger partial charge in [0.1, 0.15) is 18.6 Å². The molecule has 2 amide bonds. The summed E-state index contributed by atoms with van der Waals surface area (Å²) >= 11 is 4.37. The molecule has 2 aliphatic rings. The maximum Gasteiger partial charge on any atom is 0.410 e. The molecule has 0 aromatic carbocycles. The van der Waals surface area contributed by atoms with Gasteiger partial charge >= 0.3 is 12.1 Å². The number of nitrogens with zero attached hydrogens (tertiary/aromatic N) is 2. The molecule has 8 nitrogen and oxygen atoms in total. The Hall–Kier alpha value is -1.74. The molecule has 25 heavy (non-hydrogen) atoms. The maximum absolute atomic E-state index is 12.8. The van der Waals surface area contributed by atoms with Gasteiger partial charge in [0.15, 0.2) is 0 Å². The molecule has 2 aliphatic heterocycles. The van der Waals surface area contributed by atoms with Gasteiger partial charge in [-0.05, 0) is 13.3 Å². The van der Waals surface area contributed by atoms with Crippen molar-refractivity contribution in [2.75, 3.05) is 32.8 Å². The lowest BCUT2D eigenvalue weighted by Gasteiger charge is -2.27. The van der Waals surface area contributed by atoms with E-state index in [4.69, 9.17) is 9.47 Å². The average molecular weight is 372 g/mol. The molecule has 0 bridgehead atoms. The zero-order valence-corrected chi connectivity index (χ0v) is 15.1. The number of rotatable bonds is 5. The number of hydrogen-bond acceptors (Lipinski definition) is 7. The van der Waals surface area contributed by atoms with Crippen LogP contribution in [-0.4, -0.2) is 83.1 Å². The van der Waals surface area contributed by atoms with E-state index in [0.29, 0.717) is 13.0 Å². The SMILES string of the molecule is C=CCOC(=O)N1C[C@@H](S)C[C@H]1C(=O)N1CC(O)C(C(=O)OCC)C1. The number of β-amino-alcohol motifs (C(OH)–C–C–N with tert-alkyl or cyclic N) is 1. The van der Waals surface area contributed by atoms with Gasteiger partial charge in [0.25, 0.3) is 0 Å². The molecule has 2 rings (SSSR count). The smallest absolute Gasteiger partial charge is 0.410 e. The standard InChI is InChI=1S/C16H24N2O6S/c1-3-5-24-16(22)18-7-10(25)6-12(18)14(20)17-8-11(13(19)9-17)15(21)23-4-2/h3,10-13,19,25H,1,4-9H2,2H3/t10-,11?,12-,13?/m0/s1. The van der Waals surface area contributed by atoms with E-state index in [-0.39, 0.29) is 37.5 Å². The summed E-state index contributed by atoms with van der Waals surface area (Å²) in [5.74, 6) is -1.61. The van der Waals surface area contributed by atoms with Crippen molar-refractivity contribution in [3.05, 3.63) is 12.7 Å². The predicted octanol–water partition coefficient (Wildman–Crippen LogP) is 0.0641. The molecule has 2 unspecified atom stereocenters. The lowest BCUT2D eigenvalue weighted by Crippen LogP contribution is -2.47. The molecule has 4 atom stereocenters. The molecule has 2 fully saturated rings. The van der Waals surface area contributed by atoms with E-state index in [1.165, 1.54) is 15.9 Å². The fourth-order valence-corrected chi connectivity index (χ4v) is 3.50. The fourth-order valence-electron chi connectivity index (χ4n) is 3.12. The predicted molar refractivity (Wildman–Crippen MR) is 92.1 cm³/mol. The number of likely N-dealkylation sites (tertiary alicyclic amines) is 2. The molecular weight excluding hydrogens is 348 g/mol. The summed E-state index contributed by atoms with van der Waals surface area (Å²) in [4.78, 5) is 39.5. The number of esters is 1.